The molecule has 2 aromatic rings. The first-order chi connectivity index (χ1) is 8.25. The Bertz CT molecular complexity index is 593. The highest BCUT2D eigenvalue weighted by molar-refractivity contribution is 7.17. The Morgan fingerprint density at radius 1 is 1.29 bits per heavy atom. The first-order valence-electron chi connectivity index (χ1n) is 6.02. The molecule has 0 N–H and O–H groups in total. The quantitative estimate of drug-likeness (QED) is 0.778. The summed E-state index contributed by atoms with van der Waals surface area (Å²) in [6.45, 7) is 3.98. The zero-order valence-electron chi connectivity index (χ0n) is 9.86. The van der Waals surface area contributed by atoms with Gasteiger partial charge in [0.2, 0.25) is 5.43 Å². The van der Waals surface area contributed by atoms with E-state index in [-0.39, 0.29) is 5.43 Å². The molecular weight excluding hydrogens is 234 g/mol. The largest absolute Gasteiger partial charge is 0.439 e. The molecule has 4 heteroatoms. The van der Waals surface area contributed by atoms with Gasteiger partial charge in [-0.15, -0.1) is 11.3 Å². The second-order valence-electron chi connectivity index (χ2n) is 4.57. The van der Waals surface area contributed by atoms with Crippen molar-refractivity contribution in [1.29, 1.82) is 0 Å². The second-order valence-corrected chi connectivity index (χ2v) is 5.45. The Kier molecular flexibility index (Phi) is 2.67. The normalized spacial score (nSPS) is 16.6. The van der Waals surface area contributed by atoms with Gasteiger partial charge in [0, 0.05) is 24.7 Å². The van der Waals surface area contributed by atoms with Crippen LogP contribution in [-0.4, -0.2) is 13.1 Å². The predicted molar refractivity (Wildman–Crippen MR) is 71.2 cm³/mol. The van der Waals surface area contributed by atoms with Crippen molar-refractivity contribution in [1.82, 2.24) is 0 Å². The highest BCUT2D eigenvalue weighted by Crippen LogP contribution is 2.27. The molecule has 0 aromatic carbocycles. The summed E-state index contributed by atoms with van der Waals surface area (Å²) in [5.74, 6) is 0.740. The van der Waals surface area contributed by atoms with Crippen molar-refractivity contribution in [3.63, 3.8) is 0 Å². The SMILES string of the molecule is Cc1csc2c(=O)cc(N3CCCCC3)oc12. The number of nitrogens with zero attached hydrogens (tertiary/aromatic N) is 1. The van der Waals surface area contributed by atoms with Gasteiger partial charge in [0.15, 0.2) is 11.5 Å². The Balaban J connectivity index is 2.10. The van der Waals surface area contributed by atoms with Gasteiger partial charge in [-0.3, -0.25) is 4.79 Å². The van der Waals surface area contributed by atoms with E-state index >= 15 is 0 Å². The zero-order valence-corrected chi connectivity index (χ0v) is 10.7. The number of anilines is 1. The van der Waals surface area contributed by atoms with Crippen LogP contribution in [0.5, 0.6) is 0 Å². The minimum absolute atomic E-state index is 0.0879. The minimum Gasteiger partial charge on any atom is -0.439 e. The van der Waals surface area contributed by atoms with Crippen molar-refractivity contribution in [2.75, 3.05) is 18.0 Å². The Labute approximate surface area is 104 Å². The van der Waals surface area contributed by atoms with E-state index in [0.29, 0.717) is 0 Å². The Hall–Kier alpha value is -1.29. The lowest BCUT2D eigenvalue weighted by atomic mass is 10.1. The first-order valence-corrected chi connectivity index (χ1v) is 6.90. The standard InChI is InChI=1S/C13H15NO2S/c1-9-8-17-13-10(15)7-11(16-12(9)13)14-5-3-2-4-6-14/h7-8H,2-6H2,1H3. The number of rotatable bonds is 1. The topological polar surface area (TPSA) is 33.5 Å². The summed E-state index contributed by atoms with van der Waals surface area (Å²) in [5.41, 5.74) is 1.91. The van der Waals surface area contributed by atoms with Gasteiger partial charge in [-0.25, -0.2) is 0 Å². The molecule has 3 nitrogen and oxygen atoms in total. The molecule has 90 valence electrons. The van der Waals surface area contributed by atoms with Crippen LogP contribution in [0.3, 0.4) is 0 Å². The van der Waals surface area contributed by atoms with E-state index in [2.05, 4.69) is 4.90 Å². The van der Waals surface area contributed by atoms with Gasteiger partial charge in [-0.05, 0) is 31.6 Å². The monoisotopic (exact) mass is 249 g/mol. The lowest BCUT2D eigenvalue weighted by Crippen LogP contribution is -2.29. The first kappa shape index (κ1) is 10.8. The lowest BCUT2D eigenvalue weighted by Gasteiger charge is -2.26. The van der Waals surface area contributed by atoms with E-state index in [1.165, 1.54) is 30.6 Å². The van der Waals surface area contributed by atoms with Gasteiger partial charge >= 0.3 is 0 Å². The van der Waals surface area contributed by atoms with Crippen LogP contribution in [0.15, 0.2) is 20.7 Å². The molecule has 1 aliphatic rings. The number of hydrogen-bond acceptors (Lipinski definition) is 4. The maximum absolute atomic E-state index is 12.0. The van der Waals surface area contributed by atoms with Crippen LogP contribution in [0, 0.1) is 6.92 Å². The molecule has 17 heavy (non-hydrogen) atoms. The summed E-state index contributed by atoms with van der Waals surface area (Å²) in [4.78, 5) is 14.2. The number of aryl methyl sites for hydroxylation is 1. The lowest BCUT2D eigenvalue weighted by molar-refractivity contribution is 0.512. The summed E-state index contributed by atoms with van der Waals surface area (Å²) in [6.07, 6.45) is 3.65. The number of fused-ring (bicyclic) bond motifs is 1. The van der Waals surface area contributed by atoms with Crippen LogP contribution in [0.4, 0.5) is 5.88 Å². The van der Waals surface area contributed by atoms with Gasteiger partial charge in [0.1, 0.15) is 4.70 Å². The van der Waals surface area contributed by atoms with Gasteiger partial charge < -0.3 is 9.32 Å². The van der Waals surface area contributed by atoms with Crippen LogP contribution in [0.25, 0.3) is 10.3 Å². The highest BCUT2D eigenvalue weighted by atomic mass is 32.1. The summed E-state index contributed by atoms with van der Waals surface area (Å²) < 4.78 is 6.63. The van der Waals surface area contributed by atoms with Gasteiger partial charge in [-0.1, -0.05) is 0 Å². The third-order valence-corrected chi connectivity index (χ3v) is 4.36. The molecule has 0 saturated carbocycles. The van der Waals surface area contributed by atoms with E-state index in [1.54, 1.807) is 6.07 Å². The van der Waals surface area contributed by atoms with Crippen molar-refractivity contribution in [2.45, 2.75) is 26.2 Å². The summed E-state index contributed by atoms with van der Waals surface area (Å²) in [6, 6.07) is 1.64. The maximum Gasteiger partial charge on any atom is 0.204 e. The molecule has 0 aliphatic carbocycles. The average Bonchev–Trinajstić information content (AvgIpc) is 2.73. The van der Waals surface area contributed by atoms with Gasteiger partial charge in [0.25, 0.3) is 0 Å². The molecule has 0 amide bonds. The fourth-order valence-electron chi connectivity index (χ4n) is 2.31. The molecule has 1 fully saturated rings. The zero-order chi connectivity index (χ0) is 11.8. The molecule has 0 spiro atoms. The van der Waals surface area contributed by atoms with Crippen LogP contribution in [0.1, 0.15) is 24.8 Å². The molecule has 3 heterocycles. The van der Waals surface area contributed by atoms with E-state index in [4.69, 9.17) is 4.42 Å². The minimum atomic E-state index is 0.0879. The van der Waals surface area contributed by atoms with E-state index < -0.39 is 0 Å². The molecule has 1 saturated heterocycles. The average molecular weight is 249 g/mol. The molecule has 3 rings (SSSR count). The molecular formula is C13H15NO2S. The fourth-order valence-corrected chi connectivity index (χ4v) is 3.20. The van der Waals surface area contributed by atoms with Crippen molar-refractivity contribution >= 4 is 27.5 Å². The molecule has 0 radical (unpaired) electrons. The van der Waals surface area contributed by atoms with Crippen molar-refractivity contribution in [3.05, 3.63) is 27.2 Å². The van der Waals surface area contributed by atoms with Crippen LogP contribution in [-0.2, 0) is 0 Å². The maximum atomic E-state index is 12.0. The summed E-state index contributed by atoms with van der Waals surface area (Å²) in [5, 5.41) is 1.98. The number of hydrogen-bond donors (Lipinski definition) is 0. The molecule has 1 aliphatic heterocycles. The van der Waals surface area contributed by atoms with Crippen molar-refractivity contribution in [3.8, 4) is 0 Å². The van der Waals surface area contributed by atoms with E-state index in [0.717, 1.165) is 34.8 Å². The number of piperidine rings is 1. The van der Waals surface area contributed by atoms with Crippen LogP contribution >= 0.6 is 11.3 Å². The molecule has 0 unspecified atom stereocenters. The van der Waals surface area contributed by atoms with Crippen molar-refractivity contribution < 1.29 is 4.42 Å². The van der Waals surface area contributed by atoms with Crippen LogP contribution in [0.2, 0.25) is 0 Å². The molecule has 0 atom stereocenters. The fraction of sp³-hybridized carbons (Fsp3) is 0.462. The smallest absolute Gasteiger partial charge is 0.204 e. The molecule has 2 aromatic heterocycles. The molecule has 0 bridgehead atoms. The van der Waals surface area contributed by atoms with Crippen molar-refractivity contribution in [2.24, 2.45) is 0 Å². The Morgan fingerprint density at radius 2 is 2.06 bits per heavy atom. The van der Waals surface area contributed by atoms with E-state index in [1.807, 2.05) is 12.3 Å². The summed E-state index contributed by atoms with van der Waals surface area (Å²) >= 11 is 1.47. The van der Waals surface area contributed by atoms with Crippen LogP contribution < -0.4 is 10.3 Å². The second kappa shape index (κ2) is 4.18. The van der Waals surface area contributed by atoms with E-state index in [9.17, 15) is 4.79 Å². The van der Waals surface area contributed by atoms with Gasteiger partial charge in [0.05, 0.1) is 0 Å². The Morgan fingerprint density at radius 3 is 2.82 bits per heavy atom. The third kappa shape index (κ3) is 1.86. The number of thiophene rings is 1. The van der Waals surface area contributed by atoms with Gasteiger partial charge in [-0.2, -0.15) is 0 Å². The highest BCUT2D eigenvalue weighted by Gasteiger charge is 2.16. The summed E-state index contributed by atoms with van der Waals surface area (Å²) in [7, 11) is 0. The third-order valence-electron chi connectivity index (χ3n) is 3.27. The predicted octanol–water partition coefficient (Wildman–Crippen LogP) is 3.15.